The molecule has 0 aliphatic heterocycles. The van der Waals surface area contributed by atoms with Gasteiger partial charge in [0.05, 0.1) is 15.9 Å². The molecule has 0 bridgehead atoms. The highest BCUT2D eigenvalue weighted by Gasteiger charge is 2.13. The van der Waals surface area contributed by atoms with Crippen LogP contribution < -0.4 is 10.5 Å². The van der Waals surface area contributed by atoms with Crippen molar-refractivity contribution in [3.63, 3.8) is 0 Å². The second-order valence-electron chi connectivity index (χ2n) is 3.83. The summed E-state index contributed by atoms with van der Waals surface area (Å²) >= 11 is 0. The molecule has 0 aliphatic carbocycles. The van der Waals surface area contributed by atoms with Gasteiger partial charge in [-0.3, -0.25) is 20.2 Å². The summed E-state index contributed by atoms with van der Waals surface area (Å²) in [6, 6.07) is 9.39. The Bertz CT molecular complexity index is 669. The molecule has 2 N–H and O–H groups in total. The number of nitrogens with two attached hydrogens (primary N) is 1. The maximum absolute atomic E-state index is 10.7. The van der Waals surface area contributed by atoms with Gasteiger partial charge in [-0.1, -0.05) is 0 Å². The third-order valence-corrected chi connectivity index (χ3v) is 2.48. The molecule has 102 valence electrons. The molecule has 8 nitrogen and oxygen atoms in total. The fraction of sp³-hybridized carbons (Fsp3) is 0. The van der Waals surface area contributed by atoms with Gasteiger partial charge in [-0.15, -0.1) is 0 Å². The summed E-state index contributed by atoms with van der Waals surface area (Å²) in [5.41, 5.74) is 5.17. The van der Waals surface area contributed by atoms with Crippen LogP contribution in [0.1, 0.15) is 0 Å². The number of hydrogen-bond acceptors (Lipinski definition) is 6. The van der Waals surface area contributed by atoms with Crippen LogP contribution in [0.3, 0.4) is 0 Å². The number of anilines is 1. The third-order valence-electron chi connectivity index (χ3n) is 2.48. The van der Waals surface area contributed by atoms with Crippen molar-refractivity contribution in [2.24, 2.45) is 0 Å². The summed E-state index contributed by atoms with van der Waals surface area (Å²) in [5.74, 6) is 0.550. The molecule has 0 fully saturated rings. The summed E-state index contributed by atoms with van der Waals surface area (Å²) in [6.45, 7) is 0. The Morgan fingerprint density at radius 1 is 0.900 bits per heavy atom. The number of ether oxygens (including phenoxy) is 1. The number of nitrogen functional groups attached to an aromatic ring is 1. The van der Waals surface area contributed by atoms with Gasteiger partial charge >= 0.3 is 0 Å². The van der Waals surface area contributed by atoms with E-state index >= 15 is 0 Å². The second kappa shape index (κ2) is 5.22. The van der Waals surface area contributed by atoms with Gasteiger partial charge in [0.2, 0.25) is 0 Å². The molecule has 2 aromatic carbocycles. The minimum absolute atomic E-state index is 0.0334. The molecule has 2 rings (SSSR count). The first-order chi connectivity index (χ1) is 9.47. The normalized spacial score (nSPS) is 10.0. The Labute approximate surface area is 112 Å². The van der Waals surface area contributed by atoms with Crippen molar-refractivity contribution in [2.45, 2.75) is 0 Å². The standard InChI is InChI=1S/C12H9N3O5/c13-11-6-5-10(7-12(11)15(18)19)20-9-3-1-8(2-4-9)14(16)17/h1-7H,13H2. The monoisotopic (exact) mass is 275 g/mol. The molecule has 0 unspecified atom stereocenters. The molecule has 0 atom stereocenters. The predicted octanol–water partition coefficient (Wildman–Crippen LogP) is 2.88. The van der Waals surface area contributed by atoms with E-state index in [1.807, 2.05) is 0 Å². The first kappa shape index (κ1) is 13.3. The van der Waals surface area contributed by atoms with E-state index in [1.54, 1.807) is 0 Å². The second-order valence-corrected chi connectivity index (χ2v) is 3.83. The van der Waals surface area contributed by atoms with Crippen LogP contribution in [0.5, 0.6) is 11.5 Å². The van der Waals surface area contributed by atoms with Gasteiger partial charge < -0.3 is 10.5 Å². The molecule has 0 heterocycles. The summed E-state index contributed by atoms with van der Waals surface area (Å²) in [6.07, 6.45) is 0. The highest BCUT2D eigenvalue weighted by molar-refractivity contribution is 5.61. The molecule has 0 saturated heterocycles. The lowest BCUT2D eigenvalue weighted by Crippen LogP contribution is -1.96. The molecule has 2 aromatic rings. The predicted molar refractivity (Wildman–Crippen MR) is 70.7 cm³/mol. The van der Waals surface area contributed by atoms with E-state index in [0.29, 0.717) is 5.75 Å². The molecule has 0 radical (unpaired) electrons. The van der Waals surface area contributed by atoms with Gasteiger partial charge in [0.15, 0.2) is 0 Å². The van der Waals surface area contributed by atoms with Gasteiger partial charge in [0.25, 0.3) is 11.4 Å². The zero-order chi connectivity index (χ0) is 14.7. The van der Waals surface area contributed by atoms with Crippen molar-refractivity contribution in [2.75, 3.05) is 5.73 Å². The molecular formula is C12H9N3O5. The fourth-order valence-electron chi connectivity index (χ4n) is 1.52. The van der Waals surface area contributed by atoms with Crippen LogP contribution in [0.25, 0.3) is 0 Å². The summed E-state index contributed by atoms with van der Waals surface area (Å²) in [4.78, 5) is 20.1. The average Bonchev–Trinajstić information content (AvgIpc) is 2.41. The van der Waals surface area contributed by atoms with Crippen LogP contribution in [0.4, 0.5) is 17.1 Å². The van der Waals surface area contributed by atoms with E-state index in [0.717, 1.165) is 0 Å². The SMILES string of the molecule is Nc1ccc(Oc2ccc([N+](=O)[O-])cc2)cc1[N+](=O)[O-]. The average molecular weight is 275 g/mol. The van der Waals surface area contributed by atoms with E-state index < -0.39 is 9.85 Å². The van der Waals surface area contributed by atoms with Gasteiger partial charge in [0, 0.05) is 12.1 Å². The summed E-state index contributed by atoms with van der Waals surface area (Å²) < 4.78 is 5.38. The van der Waals surface area contributed by atoms with Crippen molar-refractivity contribution < 1.29 is 14.6 Å². The van der Waals surface area contributed by atoms with Crippen molar-refractivity contribution in [1.82, 2.24) is 0 Å². The van der Waals surface area contributed by atoms with E-state index in [2.05, 4.69) is 0 Å². The minimum atomic E-state index is -0.613. The number of rotatable bonds is 4. The van der Waals surface area contributed by atoms with E-state index in [4.69, 9.17) is 10.5 Å². The number of hydrogen-bond donors (Lipinski definition) is 1. The highest BCUT2D eigenvalue weighted by Crippen LogP contribution is 2.30. The van der Waals surface area contributed by atoms with Gasteiger partial charge in [-0.25, -0.2) is 0 Å². The van der Waals surface area contributed by atoms with Crippen molar-refractivity contribution >= 4 is 17.1 Å². The molecular weight excluding hydrogens is 266 g/mol. The van der Waals surface area contributed by atoms with Crippen LogP contribution in [0.15, 0.2) is 42.5 Å². The largest absolute Gasteiger partial charge is 0.457 e. The maximum Gasteiger partial charge on any atom is 0.295 e. The minimum Gasteiger partial charge on any atom is -0.457 e. The molecule has 20 heavy (non-hydrogen) atoms. The molecule has 0 aromatic heterocycles. The van der Waals surface area contributed by atoms with Crippen LogP contribution in [-0.4, -0.2) is 9.85 Å². The quantitative estimate of drug-likeness (QED) is 0.520. The number of benzene rings is 2. The van der Waals surface area contributed by atoms with Crippen molar-refractivity contribution in [3.8, 4) is 11.5 Å². The van der Waals surface area contributed by atoms with Gasteiger partial charge in [0.1, 0.15) is 17.2 Å². The number of non-ortho nitro benzene ring substituents is 1. The Kier molecular flexibility index (Phi) is 3.47. The molecule has 0 saturated carbocycles. The smallest absolute Gasteiger partial charge is 0.295 e. The Balaban J connectivity index is 2.23. The summed E-state index contributed by atoms with van der Waals surface area (Å²) in [7, 11) is 0. The number of nitrogens with zero attached hydrogens (tertiary/aromatic N) is 2. The van der Waals surface area contributed by atoms with Crippen LogP contribution in [0.2, 0.25) is 0 Å². The molecule has 0 amide bonds. The Morgan fingerprint density at radius 3 is 2.05 bits per heavy atom. The van der Waals surface area contributed by atoms with Crippen LogP contribution in [-0.2, 0) is 0 Å². The molecule has 0 spiro atoms. The van der Waals surface area contributed by atoms with Crippen molar-refractivity contribution in [1.29, 1.82) is 0 Å². The van der Waals surface area contributed by atoms with Gasteiger partial charge in [-0.05, 0) is 24.3 Å². The molecule has 8 heteroatoms. The zero-order valence-electron chi connectivity index (χ0n) is 10.1. The molecule has 0 aliphatic rings. The van der Waals surface area contributed by atoms with Crippen LogP contribution in [0, 0.1) is 20.2 Å². The van der Waals surface area contributed by atoms with E-state index in [1.165, 1.54) is 42.5 Å². The Morgan fingerprint density at radius 2 is 1.50 bits per heavy atom. The van der Waals surface area contributed by atoms with Gasteiger partial charge in [-0.2, -0.15) is 0 Å². The lowest BCUT2D eigenvalue weighted by molar-refractivity contribution is -0.384. The first-order valence-electron chi connectivity index (χ1n) is 5.43. The first-order valence-corrected chi connectivity index (χ1v) is 5.43. The number of nitro groups is 2. The van der Waals surface area contributed by atoms with E-state index in [9.17, 15) is 20.2 Å². The topological polar surface area (TPSA) is 122 Å². The lowest BCUT2D eigenvalue weighted by Gasteiger charge is -2.06. The maximum atomic E-state index is 10.7. The van der Waals surface area contributed by atoms with E-state index in [-0.39, 0.29) is 22.8 Å². The summed E-state index contributed by atoms with van der Waals surface area (Å²) in [5, 5.41) is 21.2. The third kappa shape index (κ3) is 2.80. The zero-order valence-corrected chi connectivity index (χ0v) is 10.1. The Hall–Kier alpha value is -3.16. The fourth-order valence-corrected chi connectivity index (χ4v) is 1.52. The van der Waals surface area contributed by atoms with Crippen LogP contribution >= 0.6 is 0 Å². The number of nitro benzene ring substituents is 2. The van der Waals surface area contributed by atoms with Crippen molar-refractivity contribution in [3.05, 3.63) is 62.7 Å². The highest BCUT2D eigenvalue weighted by atomic mass is 16.6. The lowest BCUT2D eigenvalue weighted by atomic mass is 10.2.